The molecule has 0 bridgehead atoms. The molecule has 2 aromatic carbocycles. The van der Waals surface area contributed by atoms with E-state index in [0.717, 1.165) is 10.9 Å². The van der Waals surface area contributed by atoms with Gasteiger partial charge in [-0.3, -0.25) is 14.4 Å². The molecule has 168 valence electrons. The van der Waals surface area contributed by atoms with Crippen LogP contribution >= 0.6 is 0 Å². The number of aromatic nitrogens is 1. The van der Waals surface area contributed by atoms with E-state index >= 15 is 0 Å². The molecule has 2 heterocycles. The molecule has 1 aliphatic heterocycles. The molecule has 1 aromatic heterocycles. The van der Waals surface area contributed by atoms with Gasteiger partial charge in [-0.15, -0.1) is 0 Å². The molecule has 0 fully saturated rings. The Kier molecular flexibility index (Phi) is 6.89. The number of carbonyl (C=O) groups is 3. The first-order valence-corrected chi connectivity index (χ1v) is 10.4. The van der Waals surface area contributed by atoms with Crippen LogP contribution in [0, 0.1) is 0 Å². The number of hydrogen-bond acceptors (Lipinski definition) is 7. The molecule has 2 N–H and O–H groups in total. The zero-order valence-corrected chi connectivity index (χ0v) is 17.7. The highest BCUT2D eigenvalue weighted by Gasteiger charge is 2.28. The van der Waals surface area contributed by atoms with Crippen LogP contribution < -0.4 is 15.4 Å². The van der Waals surface area contributed by atoms with E-state index in [9.17, 15) is 14.4 Å². The van der Waals surface area contributed by atoms with E-state index in [-0.39, 0.29) is 37.8 Å². The predicted molar refractivity (Wildman–Crippen MR) is 121 cm³/mol. The SMILES string of the molecule is O=C(CNC(=O)C1CC(CNC(=O)c2ccc3ccccc3n2)=NO1)COc1ccccc1. The van der Waals surface area contributed by atoms with E-state index in [4.69, 9.17) is 9.57 Å². The Hall–Kier alpha value is -4.27. The Balaban J connectivity index is 1.18. The molecule has 4 rings (SSSR count). The highest BCUT2D eigenvalue weighted by Crippen LogP contribution is 2.13. The maximum absolute atomic E-state index is 12.4. The number of benzene rings is 2. The lowest BCUT2D eigenvalue weighted by molar-refractivity contribution is -0.133. The fourth-order valence-electron chi connectivity index (χ4n) is 3.17. The molecule has 0 saturated carbocycles. The first kappa shape index (κ1) is 21.9. The van der Waals surface area contributed by atoms with Crippen molar-refractivity contribution in [3.05, 3.63) is 72.4 Å². The fraction of sp³-hybridized carbons (Fsp3) is 0.208. The molecule has 1 unspecified atom stereocenters. The molecule has 3 aromatic rings. The smallest absolute Gasteiger partial charge is 0.270 e. The Morgan fingerprint density at radius 3 is 2.61 bits per heavy atom. The summed E-state index contributed by atoms with van der Waals surface area (Å²) in [6.45, 7) is -0.196. The number of pyridine rings is 1. The maximum atomic E-state index is 12.4. The average Bonchev–Trinajstić information content (AvgIpc) is 3.34. The third-order valence-corrected chi connectivity index (χ3v) is 4.91. The highest BCUT2D eigenvalue weighted by molar-refractivity contribution is 6.00. The standard InChI is InChI=1S/C24H22N4O5/c29-18(15-32-19-7-2-1-3-8-19)14-26-24(31)22-12-17(28-33-22)13-25-23(30)21-11-10-16-6-4-5-9-20(16)27-21/h1-11,22H,12-15H2,(H,25,30)(H,26,31). The van der Waals surface area contributed by atoms with Crippen LogP contribution in [0.4, 0.5) is 0 Å². The zero-order valence-electron chi connectivity index (χ0n) is 17.7. The van der Waals surface area contributed by atoms with Gasteiger partial charge in [0.25, 0.3) is 11.8 Å². The fourth-order valence-corrected chi connectivity index (χ4v) is 3.17. The number of Topliss-reactive ketones (excluding diaryl/α,β-unsaturated/α-hetero) is 1. The van der Waals surface area contributed by atoms with Gasteiger partial charge in [-0.1, -0.05) is 47.6 Å². The van der Waals surface area contributed by atoms with Crippen LogP contribution in [-0.4, -0.2) is 54.1 Å². The Bertz CT molecular complexity index is 1200. The van der Waals surface area contributed by atoms with E-state index < -0.39 is 12.0 Å². The van der Waals surface area contributed by atoms with Crippen molar-refractivity contribution >= 4 is 34.2 Å². The molecule has 0 spiro atoms. The molecule has 0 saturated heterocycles. The minimum Gasteiger partial charge on any atom is -0.486 e. The predicted octanol–water partition coefficient (Wildman–Crippen LogP) is 1.87. The van der Waals surface area contributed by atoms with Crippen molar-refractivity contribution in [1.29, 1.82) is 0 Å². The second-order valence-corrected chi connectivity index (χ2v) is 7.39. The van der Waals surface area contributed by atoms with Gasteiger partial charge in [-0.25, -0.2) is 4.98 Å². The molecule has 1 atom stereocenters. The Morgan fingerprint density at radius 2 is 1.76 bits per heavy atom. The van der Waals surface area contributed by atoms with Crippen molar-refractivity contribution in [1.82, 2.24) is 15.6 Å². The summed E-state index contributed by atoms with van der Waals surface area (Å²) in [6, 6.07) is 19.9. The van der Waals surface area contributed by atoms with E-state index in [1.165, 1.54) is 0 Å². The largest absolute Gasteiger partial charge is 0.486 e. The first-order chi connectivity index (χ1) is 16.1. The molecular formula is C24H22N4O5. The van der Waals surface area contributed by atoms with Gasteiger partial charge < -0.3 is 20.2 Å². The number of para-hydroxylation sites is 2. The number of ketones is 1. The summed E-state index contributed by atoms with van der Waals surface area (Å²) >= 11 is 0. The lowest BCUT2D eigenvalue weighted by Crippen LogP contribution is -2.39. The number of ether oxygens (including phenoxy) is 1. The van der Waals surface area contributed by atoms with Gasteiger partial charge in [0, 0.05) is 11.8 Å². The summed E-state index contributed by atoms with van der Waals surface area (Å²) in [5, 5.41) is 10.1. The quantitative estimate of drug-likeness (QED) is 0.518. The van der Waals surface area contributed by atoms with Crippen molar-refractivity contribution in [3.63, 3.8) is 0 Å². The molecule has 2 amide bonds. The minimum absolute atomic E-state index is 0.126. The van der Waals surface area contributed by atoms with Crippen molar-refractivity contribution in [2.45, 2.75) is 12.5 Å². The molecule has 9 nitrogen and oxygen atoms in total. The molecule has 0 aliphatic carbocycles. The monoisotopic (exact) mass is 446 g/mol. The van der Waals surface area contributed by atoms with Crippen LogP contribution in [0.25, 0.3) is 10.9 Å². The third kappa shape index (κ3) is 5.91. The summed E-state index contributed by atoms with van der Waals surface area (Å²) in [7, 11) is 0. The highest BCUT2D eigenvalue weighted by atomic mass is 16.6. The van der Waals surface area contributed by atoms with Gasteiger partial charge in [0.2, 0.25) is 6.10 Å². The van der Waals surface area contributed by atoms with Gasteiger partial charge >= 0.3 is 0 Å². The van der Waals surface area contributed by atoms with Gasteiger partial charge in [0.15, 0.2) is 5.78 Å². The summed E-state index contributed by atoms with van der Waals surface area (Å²) in [5.41, 5.74) is 1.54. The number of oxime groups is 1. The number of nitrogens with one attached hydrogen (secondary N) is 2. The summed E-state index contributed by atoms with van der Waals surface area (Å²) < 4.78 is 5.36. The van der Waals surface area contributed by atoms with Gasteiger partial charge in [0.1, 0.15) is 18.1 Å². The van der Waals surface area contributed by atoms with E-state index in [1.807, 2.05) is 36.4 Å². The van der Waals surface area contributed by atoms with Crippen LogP contribution in [0.5, 0.6) is 5.75 Å². The van der Waals surface area contributed by atoms with E-state index in [1.54, 1.807) is 30.3 Å². The van der Waals surface area contributed by atoms with Crippen molar-refractivity contribution in [2.75, 3.05) is 19.7 Å². The molecular weight excluding hydrogens is 424 g/mol. The zero-order chi connectivity index (χ0) is 23.0. The average molecular weight is 446 g/mol. The van der Waals surface area contributed by atoms with Crippen LogP contribution in [-0.2, 0) is 14.4 Å². The molecule has 33 heavy (non-hydrogen) atoms. The second kappa shape index (κ2) is 10.4. The number of amides is 2. The van der Waals surface area contributed by atoms with Crippen LogP contribution in [0.1, 0.15) is 16.9 Å². The van der Waals surface area contributed by atoms with Crippen LogP contribution in [0.3, 0.4) is 0 Å². The minimum atomic E-state index is -0.849. The van der Waals surface area contributed by atoms with E-state index in [2.05, 4.69) is 20.8 Å². The third-order valence-electron chi connectivity index (χ3n) is 4.91. The molecule has 1 aliphatic rings. The van der Waals surface area contributed by atoms with E-state index in [0.29, 0.717) is 17.2 Å². The summed E-state index contributed by atoms with van der Waals surface area (Å²) in [4.78, 5) is 46.1. The lowest BCUT2D eigenvalue weighted by Gasteiger charge is -2.10. The van der Waals surface area contributed by atoms with Gasteiger partial charge in [-0.2, -0.15) is 0 Å². The van der Waals surface area contributed by atoms with Crippen LogP contribution in [0.2, 0.25) is 0 Å². The summed E-state index contributed by atoms with van der Waals surface area (Å²) in [6.07, 6.45) is -0.634. The normalized spacial score (nSPS) is 14.8. The Labute approximate surface area is 189 Å². The maximum Gasteiger partial charge on any atom is 0.270 e. The lowest BCUT2D eigenvalue weighted by atomic mass is 10.1. The van der Waals surface area contributed by atoms with Crippen LogP contribution in [0.15, 0.2) is 71.9 Å². The topological polar surface area (TPSA) is 119 Å². The van der Waals surface area contributed by atoms with Gasteiger partial charge in [-0.05, 0) is 24.3 Å². The Morgan fingerprint density at radius 1 is 0.970 bits per heavy atom. The van der Waals surface area contributed by atoms with Crippen molar-refractivity contribution < 1.29 is 24.0 Å². The first-order valence-electron chi connectivity index (χ1n) is 10.4. The number of nitrogens with zero attached hydrogens (tertiary/aromatic N) is 2. The van der Waals surface area contributed by atoms with Crippen molar-refractivity contribution in [3.8, 4) is 5.75 Å². The van der Waals surface area contributed by atoms with Gasteiger partial charge in [0.05, 0.1) is 24.3 Å². The number of carbonyl (C=O) groups excluding carboxylic acids is 3. The second-order valence-electron chi connectivity index (χ2n) is 7.39. The summed E-state index contributed by atoms with van der Waals surface area (Å²) in [5.74, 6) is -0.499. The number of fused-ring (bicyclic) bond motifs is 1. The number of rotatable bonds is 9. The molecule has 9 heteroatoms. The molecule has 0 radical (unpaired) electrons. The van der Waals surface area contributed by atoms with Crippen molar-refractivity contribution in [2.24, 2.45) is 5.16 Å². The number of hydrogen-bond donors (Lipinski definition) is 2.